The smallest absolute Gasteiger partial charge is 0.251 e. The number of aryl methyl sites for hydroxylation is 1. The molecule has 5 rings (SSSR count). The summed E-state index contributed by atoms with van der Waals surface area (Å²) in [6.07, 6.45) is 2.39. The fraction of sp³-hybridized carbons (Fsp3) is 0.400. The number of pyridine rings is 1. The Kier molecular flexibility index (Phi) is 4.40. The lowest BCUT2D eigenvalue weighted by Gasteiger charge is -2.44. The normalized spacial score (nSPS) is 24.8. The number of hydrogen-bond acceptors (Lipinski definition) is 4. The molecule has 3 saturated heterocycles. The van der Waals surface area contributed by atoms with Gasteiger partial charge in [-0.25, -0.2) is 4.98 Å². The Morgan fingerprint density at radius 3 is 2.56 bits per heavy atom. The molecule has 0 aliphatic carbocycles. The Morgan fingerprint density at radius 1 is 1.16 bits per heavy atom. The Morgan fingerprint density at radius 2 is 1.92 bits per heavy atom. The third-order valence-electron chi connectivity index (χ3n) is 5.17. The molecule has 0 radical (unpaired) electrons. The summed E-state index contributed by atoms with van der Waals surface area (Å²) in [7, 11) is 0. The van der Waals surface area contributed by atoms with E-state index in [2.05, 4.69) is 15.2 Å². The van der Waals surface area contributed by atoms with Crippen LogP contribution in [0.5, 0.6) is 11.6 Å². The van der Waals surface area contributed by atoms with Crippen molar-refractivity contribution in [2.24, 2.45) is 5.92 Å². The molecular formula is C20H23N3O2. The molecule has 0 saturated carbocycles. The number of carbonyl (C=O) groups excluding carboxylic acids is 1. The molecule has 5 heteroatoms. The standard InChI is InChI=1S/C20H23N3O2/c1-14-3-2-4-19(21-14)25-17-7-5-16(6-8-17)20(24)22-18-13-23-11-9-15(18)10-12-23/h2-8,15,18H,9-13H2,1H3,(H,22,24)/t18-/m0/s1. The number of nitrogens with zero attached hydrogens (tertiary/aromatic N) is 2. The molecule has 0 unspecified atom stereocenters. The van der Waals surface area contributed by atoms with Gasteiger partial charge in [0.15, 0.2) is 0 Å². The summed E-state index contributed by atoms with van der Waals surface area (Å²) < 4.78 is 5.73. The summed E-state index contributed by atoms with van der Waals surface area (Å²) >= 11 is 0. The minimum absolute atomic E-state index is 0.000944. The van der Waals surface area contributed by atoms with Crippen LogP contribution in [0.25, 0.3) is 0 Å². The van der Waals surface area contributed by atoms with Crippen LogP contribution in [0, 0.1) is 12.8 Å². The first-order chi connectivity index (χ1) is 12.2. The summed E-state index contributed by atoms with van der Waals surface area (Å²) in [4.78, 5) is 19.3. The fourth-order valence-corrected chi connectivity index (χ4v) is 3.75. The molecule has 1 atom stereocenters. The van der Waals surface area contributed by atoms with Crippen LogP contribution in [0.1, 0.15) is 28.9 Å². The topological polar surface area (TPSA) is 54.5 Å². The second-order valence-electron chi connectivity index (χ2n) is 6.96. The number of piperidine rings is 3. The van der Waals surface area contributed by atoms with Crippen LogP contribution in [0.2, 0.25) is 0 Å². The summed E-state index contributed by atoms with van der Waals surface area (Å²) in [6, 6.07) is 13.2. The third kappa shape index (κ3) is 3.66. The molecule has 130 valence electrons. The van der Waals surface area contributed by atoms with Crippen LogP contribution in [-0.4, -0.2) is 41.5 Å². The van der Waals surface area contributed by atoms with Crippen molar-refractivity contribution in [3.63, 3.8) is 0 Å². The predicted octanol–water partition coefficient (Wildman–Crippen LogP) is 3.01. The molecule has 3 aliphatic rings. The van der Waals surface area contributed by atoms with Gasteiger partial charge < -0.3 is 15.0 Å². The molecule has 1 N–H and O–H groups in total. The van der Waals surface area contributed by atoms with Gasteiger partial charge in [-0.05, 0) is 69.1 Å². The zero-order chi connectivity index (χ0) is 17.2. The van der Waals surface area contributed by atoms with Crippen molar-refractivity contribution in [1.82, 2.24) is 15.2 Å². The molecular weight excluding hydrogens is 314 g/mol. The lowest BCUT2D eigenvalue weighted by Crippen LogP contribution is -2.57. The van der Waals surface area contributed by atoms with E-state index in [-0.39, 0.29) is 11.9 Å². The van der Waals surface area contributed by atoms with E-state index in [0.717, 1.165) is 12.2 Å². The minimum atomic E-state index is -0.000944. The Hall–Kier alpha value is -2.40. The van der Waals surface area contributed by atoms with Gasteiger partial charge in [-0.2, -0.15) is 0 Å². The van der Waals surface area contributed by atoms with E-state index in [9.17, 15) is 4.79 Å². The number of hydrogen-bond donors (Lipinski definition) is 1. The lowest BCUT2D eigenvalue weighted by molar-refractivity contribution is 0.0620. The van der Waals surface area contributed by atoms with Crippen LogP contribution in [0.15, 0.2) is 42.5 Å². The average Bonchev–Trinajstić information content (AvgIpc) is 2.63. The van der Waals surface area contributed by atoms with Crippen LogP contribution < -0.4 is 10.1 Å². The van der Waals surface area contributed by atoms with E-state index >= 15 is 0 Å². The number of nitrogens with one attached hydrogen (secondary N) is 1. The molecule has 1 aromatic carbocycles. The van der Waals surface area contributed by atoms with E-state index < -0.39 is 0 Å². The second kappa shape index (κ2) is 6.84. The van der Waals surface area contributed by atoms with Crippen molar-refractivity contribution in [1.29, 1.82) is 0 Å². The van der Waals surface area contributed by atoms with E-state index in [4.69, 9.17) is 4.74 Å². The number of benzene rings is 1. The van der Waals surface area contributed by atoms with Gasteiger partial charge in [0.05, 0.1) is 0 Å². The van der Waals surface area contributed by atoms with Gasteiger partial charge >= 0.3 is 0 Å². The minimum Gasteiger partial charge on any atom is -0.439 e. The van der Waals surface area contributed by atoms with Crippen LogP contribution in [-0.2, 0) is 0 Å². The number of amides is 1. The Labute approximate surface area is 148 Å². The first kappa shape index (κ1) is 16.1. The van der Waals surface area contributed by atoms with Gasteiger partial charge in [-0.1, -0.05) is 6.07 Å². The zero-order valence-electron chi connectivity index (χ0n) is 14.4. The molecule has 3 fully saturated rings. The number of rotatable bonds is 4. The third-order valence-corrected chi connectivity index (χ3v) is 5.17. The van der Waals surface area contributed by atoms with Gasteiger partial charge in [0.25, 0.3) is 5.91 Å². The highest BCUT2D eigenvalue weighted by Crippen LogP contribution is 2.28. The number of carbonyl (C=O) groups is 1. The first-order valence-electron chi connectivity index (χ1n) is 8.92. The maximum atomic E-state index is 12.5. The molecule has 2 aromatic rings. The first-order valence-corrected chi connectivity index (χ1v) is 8.92. The number of ether oxygens (including phenoxy) is 1. The van der Waals surface area contributed by atoms with Crippen LogP contribution in [0.4, 0.5) is 0 Å². The lowest BCUT2D eigenvalue weighted by atomic mass is 9.84. The van der Waals surface area contributed by atoms with Crippen molar-refractivity contribution in [2.45, 2.75) is 25.8 Å². The largest absolute Gasteiger partial charge is 0.439 e. The molecule has 3 aliphatic heterocycles. The second-order valence-corrected chi connectivity index (χ2v) is 6.96. The highest BCUT2D eigenvalue weighted by Gasteiger charge is 2.34. The highest BCUT2D eigenvalue weighted by molar-refractivity contribution is 5.94. The Balaban J connectivity index is 1.39. The molecule has 4 heterocycles. The van der Waals surface area contributed by atoms with Crippen LogP contribution in [0.3, 0.4) is 0 Å². The van der Waals surface area contributed by atoms with Gasteiger partial charge in [0, 0.05) is 29.9 Å². The monoisotopic (exact) mass is 337 g/mol. The summed E-state index contributed by atoms with van der Waals surface area (Å²) in [5.74, 6) is 1.87. The van der Waals surface area contributed by atoms with Gasteiger partial charge in [0.2, 0.25) is 5.88 Å². The van der Waals surface area contributed by atoms with Crippen molar-refractivity contribution in [3.8, 4) is 11.6 Å². The molecule has 1 amide bonds. The maximum absolute atomic E-state index is 12.5. The summed E-state index contributed by atoms with van der Waals surface area (Å²) in [5, 5.41) is 3.21. The van der Waals surface area contributed by atoms with Crippen molar-refractivity contribution in [2.75, 3.05) is 19.6 Å². The maximum Gasteiger partial charge on any atom is 0.251 e. The molecule has 0 spiro atoms. The van der Waals surface area contributed by atoms with E-state index in [1.807, 2.05) is 49.4 Å². The molecule has 1 aromatic heterocycles. The van der Waals surface area contributed by atoms with E-state index in [0.29, 0.717) is 23.1 Å². The Bertz CT molecular complexity index is 752. The van der Waals surface area contributed by atoms with Gasteiger partial charge in [0.1, 0.15) is 5.75 Å². The van der Waals surface area contributed by atoms with Crippen LogP contribution >= 0.6 is 0 Å². The zero-order valence-corrected chi connectivity index (χ0v) is 14.4. The highest BCUT2D eigenvalue weighted by atomic mass is 16.5. The molecule has 25 heavy (non-hydrogen) atoms. The fourth-order valence-electron chi connectivity index (χ4n) is 3.75. The average molecular weight is 337 g/mol. The number of fused-ring (bicyclic) bond motifs is 3. The predicted molar refractivity (Wildman–Crippen MR) is 95.9 cm³/mol. The van der Waals surface area contributed by atoms with E-state index in [1.54, 1.807) is 0 Å². The van der Waals surface area contributed by atoms with E-state index in [1.165, 1.54) is 25.9 Å². The SMILES string of the molecule is Cc1cccc(Oc2ccc(C(=O)N[C@H]3CN4CCC3CC4)cc2)n1. The molecule has 2 bridgehead atoms. The summed E-state index contributed by atoms with van der Waals surface area (Å²) in [6.45, 7) is 5.26. The van der Waals surface area contributed by atoms with Crippen molar-refractivity contribution in [3.05, 3.63) is 53.7 Å². The van der Waals surface area contributed by atoms with Crippen molar-refractivity contribution < 1.29 is 9.53 Å². The van der Waals surface area contributed by atoms with Gasteiger partial charge in [-0.15, -0.1) is 0 Å². The van der Waals surface area contributed by atoms with Gasteiger partial charge in [-0.3, -0.25) is 4.79 Å². The quantitative estimate of drug-likeness (QED) is 0.932. The number of aromatic nitrogens is 1. The summed E-state index contributed by atoms with van der Waals surface area (Å²) in [5.41, 5.74) is 1.58. The molecule has 5 nitrogen and oxygen atoms in total. The van der Waals surface area contributed by atoms with Crippen molar-refractivity contribution >= 4 is 5.91 Å².